The van der Waals surface area contributed by atoms with Gasteiger partial charge < -0.3 is 4.98 Å². The monoisotopic (exact) mass is 440 g/mol. The van der Waals surface area contributed by atoms with Crippen LogP contribution in [0.5, 0.6) is 0 Å². The second-order valence-corrected chi connectivity index (χ2v) is 7.81. The average molecular weight is 440 g/mol. The van der Waals surface area contributed by atoms with E-state index in [4.69, 9.17) is 0 Å². The van der Waals surface area contributed by atoms with Gasteiger partial charge in [0.05, 0.1) is 28.2 Å². The van der Waals surface area contributed by atoms with Gasteiger partial charge in [0.25, 0.3) is 5.56 Å². The summed E-state index contributed by atoms with van der Waals surface area (Å²) in [5, 5.41) is 0. The molecule has 0 aliphatic carbocycles. The van der Waals surface area contributed by atoms with Gasteiger partial charge in [0.15, 0.2) is 0 Å². The number of hydrogen-bond acceptors (Lipinski definition) is 5. The molecule has 0 spiro atoms. The van der Waals surface area contributed by atoms with Crippen molar-refractivity contribution in [3.8, 4) is 11.4 Å². The summed E-state index contributed by atoms with van der Waals surface area (Å²) in [6.45, 7) is 3.67. The highest BCUT2D eigenvalue weighted by molar-refractivity contribution is 5.56. The number of hydrogen-bond donors (Lipinski definition) is 1. The Bertz CT molecular complexity index is 1360. The molecule has 0 saturated carbocycles. The third kappa shape index (κ3) is 3.66. The predicted molar refractivity (Wildman–Crippen MR) is 111 cm³/mol. The van der Waals surface area contributed by atoms with Crippen LogP contribution in [0.1, 0.15) is 28.2 Å². The molecule has 5 rings (SSSR count). The molecule has 1 N–H and O–H groups in total. The molecule has 0 fully saturated rings. The molecule has 10 heteroatoms. The summed E-state index contributed by atoms with van der Waals surface area (Å²) in [4.78, 5) is 31.0. The number of aromatic amines is 1. The zero-order valence-corrected chi connectivity index (χ0v) is 17.1. The molecule has 0 saturated heterocycles. The number of nitrogens with zero attached hydrogens (tertiary/aromatic N) is 5. The van der Waals surface area contributed by atoms with Crippen LogP contribution in [-0.2, 0) is 25.7 Å². The summed E-state index contributed by atoms with van der Waals surface area (Å²) in [7, 11) is 0. The Morgan fingerprint density at radius 1 is 1.16 bits per heavy atom. The van der Waals surface area contributed by atoms with Crippen molar-refractivity contribution < 1.29 is 13.2 Å². The number of aryl methyl sites for hydroxylation is 1. The fraction of sp³-hybridized carbons (Fsp3) is 0.273. The molecule has 164 valence electrons. The summed E-state index contributed by atoms with van der Waals surface area (Å²) in [5.41, 5.74) is 2.59. The molecule has 4 aromatic rings. The van der Waals surface area contributed by atoms with Crippen molar-refractivity contribution in [2.75, 3.05) is 6.54 Å². The van der Waals surface area contributed by atoms with E-state index in [0.717, 1.165) is 23.5 Å². The smallest absolute Gasteiger partial charge is 0.306 e. The molecule has 0 unspecified atom stereocenters. The summed E-state index contributed by atoms with van der Waals surface area (Å²) in [5.74, 6) is 0.915. The Hall–Kier alpha value is -3.53. The fourth-order valence-corrected chi connectivity index (χ4v) is 4.02. The minimum Gasteiger partial charge on any atom is -0.306 e. The van der Waals surface area contributed by atoms with Crippen molar-refractivity contribution in [1.29, 1.82) is 0 Å². The average Bonchev–Trinajstić information content (AvgIpc) is 3.08. The molecule has 0 atom stereocenters. The van der Waals surface area contributed by atoms with E-state index in [-0.39, 0.29) is 11.4 Å². The lowest BCUT2D eigenvalue weighted by atomic mass is 10.1. The van der Waals surface area contributed by atoms with Crippen LogP contribution >= 0.6 is 0 Å². The third-order valence-corrected chi connectivity index (χ3v) is 5.71. The van der Waals surface area contributed by atoms with Crippen molar-refractivity contribution >= 4 is 5.78 Å². The van der Waals surface area contributed by atoms with Crippen LogP contribution in [0.15, 0.2) is 47.5 Å². The molecular weight excluding hydrogens is 421 g/mol. The summed E-state index contributed by atoms with van der Waals surface area (Å²) >= 11 is 0. The van der Waals surface area contributed by atoms with Gasteiger partial charge in [-0.3, -0.25) is 14.1 Å². The second kappa shape index (κ2) is 7.56. The van der Waals surface area contributed by atoms with Crippen molar-refractivity contribution in [2.45, 2.75) is 32.6 Å². The first-order chi connectivity index (χ1) is 15.3. The first kappa shape index (κ1) is 20.4. The van der Waals surface area contributed by atoms with Crippen molar-refractivity contribution in [3.63, 3.8) is 0 Å². The summed E-state index contributed by atoms with van der Waals surface area (Å²) in [6, 6.07) is 6.47. The van der Waals surface area contributed by atoms with Crippen molar-refractivity contribution in [1.82, 2.24) is 29.2 Å². The molecular formula is C22H19F3N6O. The second-order valence-electron chi connectivity index (χ2n) is 7.81. The van der Waals surface area contributed by atoms with Crippen LogP contribution < -0.4 is 5.56 Å². The highest BCUT2D eigenvalue weighted by atomic mass is 19.4. The maximum absolute atomic E-state index is 12.8. The highest BCUT2D eigenvalue weighted by Gasteiger charge is 2.30. The lowest BCUT2D eigenvalue weighted by Crippen LogP contribution is -2.35. The summed E-state index contributed by atoms with van der Waals surface area (Å²) in [6.07, 6.45) is -0.225. The number of aromatic nitrogens is 5. The van der Waals surface area contributed by atoms with E-state index in [1.54, 1.807) is 6.20 Å². The zero-order valence-electron chi connectivity index (χ0n) is 17.1. The van der Waals surface area contributed by atoms with Crippen LogP contribution in [0.2, 0.25) is 0 Å². The first-order valence-electron chi connectivity index (χ1n) is 10.1. The van der Waals surface area contributed by atoms with Crippen LogP contribution in [0.3, 0.4) is 0 Å². The minimum absolute atomic E-state index is 0.272. The highest BCUT2D eigenvalue weighted by Crippen LogP contribution is 2.30. The summed E-state index contributed by atoms with van der Waals surface area (Å²) < 4.78 is 40.4. The van der Waals surface area contributed by atoms with Gasteiger partial charge in [-0.1, -0.05) is 12.1 Å². The standard InChI is InChI=1S/C22H19F3N6O/c1-13-18(31-9-2-8-26-21(31)27-13)12-30-10-7-17-16(11-30)20(32)29-19(28-17)14-3-5-15(6-4-14)22(23,24)25/h2-6,8-9H,7,10-12H2,1H3,(H,28,29,32). The number of benzene rings is 1. The largest absolute Gasteiger partial charge is 0.416 e. The Morgan fingerprint density at radius 3 is 2.69 bits per heavy atom. The number of imidazole rings is 1. The van der Waals surface area contributed by atoms with Gasteiger partial charge in [-0.25, -0.2) is 15.0 Å². The third-order valence-electron chi connectivity index (χ3n) is 5.71. The first-order valence-corrected chi connectivity index (χ1v) is 10.1. The van der Waals surface area contributed by atoms with E-state index in [0.29, 0.717) is 48.7 Å². The van der Waals surface area contributed by atoms with Crippen LogP contribution in [0.4, 0.5) is 13.2 Å². The quantitative estimate of drug-likeness (QED) is 0.529. The van der Waals surface area contributed by atoms with E-state index in [2.05, 4.69) is 24.8 Å². The number of halogens is 3. The molecule has 1 aliphatic rings. The van der Waals surface area contributed by atoms with Crippen LogP contribution in [0, 0.1) is 6.92 Å². The molecule has 1 aliphatic heterocycles. The number of rotatable bonds is 3. The van der Waals surface area contributed by atoms with Crippen LogP contribution in [0.25, 0.3) is 17.2 Å². The lowest BCUT2D eigenvalue weighted by molar-refractivity contribution is -0.137. The van der Waals surface area contributed by atoms with Gasteiger partial charge in [0, 0.05) is 44.0 Å². The number of alkyl halides is 3. The zero-order chi connectivity index (χ0) is 22.5. The number of fused-ring (bicyclic) bond motifs is 2. The van der Waals surface area contributed by atoms with E-state index in [9.17, 15) is 18.0 Å². The van der Waals surface area contributed by atoms with E-state index >= 15 is 0 Å². The minimum atomic E-state index is -4.41. The maximum atomic E-state index is 12.8. The lowest BCUT2D eigenvalue weighted by Gasteiger charge is -2.27. The van der Waals surface area contributed by atoms with E-state index in [1.165, 1.54) is 12.1 Å². The Kier molecular flexibility index (Phi) is 4.81. The van der Waals surface area contributed by atoms with Gasteiger partial charge in [0.2, 0.25) is 5.78 Å². The molecule has 1 aromatic carbocycles. The Morgan fingerprint density at radius 2 is 1.94 bits per heavy atom. The fourth-order valence-electron chi connectivity index (χ4n) is 4.02. The van der Waals surface area contributed by atoms with Gasteiger partial charge in [-0.15, -0.1) is 0 Å². The van der Waals surface area contributed by atoms with Crippen molar-refractivity contribution in [3.05, 3.63) is 81.3 Å². The number of H-pyrrole nitrogens is 1. The van der Waals surface area contributed by atoms with E-state index in [1.807, 2.05) is 23.6 Å². The van der Waals surface area contributed by atoms with Gasteiger partial charge in [0.1, 0.15) is 5.82 Å². The van der Waals surface area contributed by atoms with Gasteiger partial charge in [-0.2, -0.15) is 13.2 Å². The molecule has 0 radical (unpaired) electrons. The topological polar surface area (TPSA) is 79.2 Å². The molecule has 0 amide bonds. The van der Waals surface area contributed by atoms with E-state index < -0.39 is 11.7 Å². The Balaban J connectivity index is 1.40. The molecule has 0 bridgehead atoms. The SMILES string of the molecule is Cc1nc2ncccn2c1CN1CCc2nc(-c3ccc(C(F)(F)F)cc3)[nH]c(=O)c2C1. The Labute approximate surface area is 180 Å². The van der Waals surface area contributed by atoms with Crippen LogP contribution in [-0.4, -0.2) is 35.8 Å². The van der Waals surface area contributed by atoms with Gasteiger partial charge in [-0.05, 0) is 25.1 Å². The number of nitrogens with one attached hydrogen (secondary N) is 1. The van der Waals surface area contributed by atoms with Gasteiger partial charge >= 0.3 is 6.18 Å². The normalized spacial score (nSPS) is 14.6. The molecule has 4 heterocycles. The maximum Gasteiger partial charge on any atom is 0.416 e. The predicted octanol–water partition coefficient (Wildman–Crippen LogP) is 3.37. The molecule has 7 nitrogen and oxygen atoms in total. The van der Waals surface area contributed by atoms with Crippen molar-refractivity contribution in [2.24, 2.45) is 0 Å². The molecule has 32 heavy (non-hydrogen) atoms. The molecule has 3 aromatic heterocycles.